The number of nitrogens with zero attached hydrogens (tertiary/aromatic N) is 1. The van der Waals surface area contributed by atoms with Crippen LogP contribution in [0.3, 0.4) is 0 Å². The maximum atomic E-state index is 12.7. The van der Waals surface area contributed by atoms with Gasteiger partial charge in [0.1, 0.15) is 0 Å². The molecule has 1 fully saturated rings. The van der Waals surface area contributed by atoms with Gasteiger partial charge in [0.25, 0.3) is 5.91 Å². The van der Waals surface area contributed by atoms with Crippen molar-refractivity contribution in [2.75, 3.05) is 36.5 Å². The predicted molar refractivity (Wildman–Crippen MR) is 116 cm³/mol. The first kappa shape index (κ1) is 20.3. The van der Waals surface area contributed by atoms with Gasteiger partial charge in [0, 0.05) is 42.4 Å². The second kappa shape index (κ2) is 9.64. The second-order valence-corrected chi connectivity index (χ2v) is 8.28. The van der Waals surface area contributed by atoms with Crippen LogP contribution in [-0.4, -0.2) is 47.9 Å². The fourth-order valence-corrected chi connectivity index (χ4v) is 4.06. The van der Waals surface area contributed by atoms with E-state index in [1.54, 1.807) is 0 Å². The van der Waals surface area contributed by atoms with E-state index in [-0.39, 0.29) is 18.4 Å². The van der Waals surface area contributed by atoms with Gasteiger partial charge in [0.15, 0.2) is 0 Å². The molecular formula is C22H27N3O2S. The molecule has 0 saturated carbocycles. The van der Waals surface area contributed by atoms with Crippen LogP contribution < -0.4 is 10.6 Å². The summed E-state index contributed by atoms with van der Waals surface area (Å²) in [7, 11) is 0. The summed E-state index contributed by atoms with van der Waals surface area (Å²) in [5.41, 5.74) is 4.76. The molecule has 0 spiro atoms. The highest BCUT2D eigenvalue weighted by atomic mass is 32.2. The lowest BCUT2D eigenvalue weighted by Gasteiger charge is -2.26. The zero-order valence-electron chi connectivity index (χ0n) is 16.5. The minimum atomic E-state index is -0.0781. The van der Waals surface area contributed by atoms with Crippen molar-refractivity contribution < 1.29 is 9.59 Å². The Morgan fingerprint density at radius 3 is 2.61 bits per heavy atom. The van der Waals surface area contributed by atoms with E-state index in [1.807, 2.05) is 66.9 Å². The van der Waals surface area contributed by atoms with Gasteiger partial charge < -0.3 is 15.5 Å². The van der Waals surface area contributed by atoms with E-state index in [9.17, 15) is 9.59 Å². The molecule has 1 aliphatic heterocycles. The molecular weight excluding hydrogens is 370 g/mol. The molecule has 0 unspecified atom stereocenters. The summed E-state index contributed by atoms with van der Waals surface area (Å²) in [6.45, 7) is 6.27. The molecule has 148 valence electrons. The Hall–Kier alpha value is -2.47. The molecule has 2 amide bonds. The van der Waals surface area contributed by atoms with Crippen molar-refractivity contribution in [3.05, 3.63) is 64.7 Å². The van der Waals surface area contributed by atoms with Crippen molar-refractivity contribution in [1.29, 1.82) is 0 Å². The number of carbonyl (C=O) groups is 2. The SMILES string of the molecule is Cc1cccc(CNC(=O)CNc2cc(C(=O)N3CCSCC3)ccc2C)c1. The van der Waals surface area contributed by atoms with Crippen LogP contribution in [-0.2, 0) is 11.3 Å². The summed E-state index contributed by atoms with van der Waals surface area (Å²) in [5, 5.41) is 6.10. The van der Waals surface area contributed by atoms with Crippen LogP contribution in [0.25, 0.3) is 0 Å². The number of hydrogen-bond acceptors (Lipinski definition) is 4. The van der Waals surface area contributed by atoms with E-state index in [4.69, 9.17) is 0 Å². The average molecular weight is 398 g/mol. The Morgan fingerprint density at radius 1 is 1.07 bits per heavy atom. The molecule has 0 bridgehead atoms. The van der Waals surface area contributed by atoms with E-state index in [0.717, 1.165) is 41.4 Å². The smallest absolute Gasteiger partial charge is 0.253 e. The van der Waals surface area contributed by atoms with Crippen LogP contribution in [0.5, 0.6) is 0 Å². The summed E-state index contributed by atoms with van der Waals surface area (Å²) in [5.74, 6) is 1.96. The molecule has 28 heavy (non-hydrogen) atoms. The van der Waals surface area contributed by atoms with Crippen molar-refractivity contribution in [1.82, 2.24) is 10.2 Å². The molecule has 5 nitrogen and oxygen atoms in total. The largest absolute Gasteiger partial charge is 0.376 e. The highest BCUT2D eigenvalue weighted by Gasteiger charge is 2.19. The topological polar surface area (TPSA) is 61.4 Å². The number of amides is 2. The zero-order valence-corrected chi connectivity index (χ0v) is 17.3. The molecule has 0 aromatic heterocycles. The van der Waals surface area contributed by atoms with Crippen molar-refractivity contribution in [2.24, 2.45) is 0 Å². The third kappa shape index (κ3) is 5.52. The Morgan fingerprint density at radius 2 is 1.86 bits per heavy atom. The molecule has 2 aromatic rings. The fraction of sp³-hybridized carbons (Fsp3) is 0.364. The number of hydrogen-bond donors (Lipinski definition) is 2. The summed E-state index contributed by atoms with van der Waals surface area (Å²) in [4.78, 5) is 26.8. The predicted octanol–water partition coefficient (Wildman–Crippen LogP) is 3.22. The molecule has 0 radical (unpaired) electrons. The average Bonchev–Trinajstić information content (AvgIpc) is 2.72. The Kier molecular flexibility index (Phi) is 6.98. The van der Waals surface area contributed by atoms with Gasteiger partial charge in [-0.25, -0.2) is 0 Å². The van der Waals surface area contributed by atoms with Crippen LogP contribution in [0.1, 0.15) is 27.0 Å². The number of rotatable bonds is 6. The van der Waals surface area contributed by atoms with Crippen molar-refractivity contribution in [3.8, 4) is 0 Å². The van der Waals surface area contributed by atoms with Crippen LogP contribution in [0.2, 0.25) is 0 Å². The normalized spacial score (nSPS) is 13.9. The molecule has 1 aliphatic rings. The number of nitrogens with one attached hydrogen (secondary N) is 2. The first-order valence-corrected chi connectivity index (χ1v) is 10.7. The van der Waals surface area contributed by atoms with E-state index in [0.29, 0.717) is 12.1 Å². The Bertz CT molecular complexity index is 847. The van der Waals surface area contributed by atoms with Crippen LogP contribution in [0.15, 0.2) is 42.5 Å². The summed E-state index contributed by atoms with van der Waals surface area (Å²) >= 11 is 1.88. The highest BCUT2D eigenvalue weighted by molar-refractivity contribution is 7.99. The minimum Gasteiger partial charge on any atom is -0.376 e. The van der Waals surface area contributed by atoms with E-state index in [2.05, 4.69) is 16.7 Å². The van der Waals surface area contributed by atoms with Crippen LogP contribution in [0, 0.1) is 13.8 Å². The number of aryl methyl sites for hydroxylation is 2. The van der Waals surface area contributed by atoms with Gasteiger partial charge in [-0.15, -0.1) is 0 Å². The molecule has 6 heteroatoms. The van der Waals surface area contributed by atoms with Gasteiger partial charge in [0.2, 0.25) is 5.91 Å². The van der Waals surface area contributed by atoms with Gasteiger partial charge >= 0.3 is 0 Å². The quantitative estimate of drug-likeness (QED) is 0.786. The summed E-state index contributed by atoms with van der Waals surface area (Å²) in [6.07, 6.45) is 0. The van der Waals surface area contributed by atoms with Gasteiger partial charge in [0.05, 0.1) is 6.54 Å². The standard InChI is InChI=1S/C22H27N3O2S/c1-16-4-3-5-18(12-16)14-24-21(26)15-23-20-13-19(7-6-17(20)2)22(27)25-8-10-28-11-9-25/h3-7,12-13,23H,8-11,14-15H2,1-2H3,(H,24,26). The molecule has 1 saturated heterocycles. The van der Waals surface area contributed by atoms with Crippen molar-refractivity contribution in [2.45, 2.75) is 20.4 Å². The summed E-state index contributed by atoms with van der Waals surface area (Å²) < 4.78 is 0. The first-order valence-electron chi connectivity index (χ1n) is 9.57. The number of carbonyl (C=O) groups excluding carboxylic acids is 2. The van der Waals surface area contributed by atoms with E-state index in [1.165, 1.54) is 5.56 Å². The zero-order chi connectivity index (χ0) is 19.9. The molecule has 0 atom stereocenters. The molecule has 2 aromatic carbocycles. The number of anilines is 1. The van der Waals surface area contributed by atoms with E-state index < -0.39 is 0 Å². The Balaban J connectivity index is 1.56. The fourth-order valence-electron chi connectivity index (χ4n) is 3.16. The first-order chi connectivity index (χ1) is 13.5. The molecule has 3 rings (SSSR count). The van der Waals surface area contributed by atoms with Crippen molar-refractivity contribution >= 4 is 29.3 Å². The minimum absolute atomic E-state index is 0.0623. The molecule has 1 heterocycles. The van der Waals surface area contributed by atoms with Gasteiger partial charge in [-0.1, -0.05) is 35.9 Å². The number of benzene rings is 2. The van der Waals surface area contributed by atoms with Gasteiger partial charge in [-0.3, -0.25) is 9.59 Å². The second-order valence-electron chi connectivity index (χ2n) is 7.05. The molecule has 2 N–H and O–H groups in total. The van der Waals surface area contributed by atoms with Crippen LogP contribution in [0.4, 0.5) is 5.69 Å². The lowest BCUT2D eigenvalue weighted by atomic mass is 10.1. The van der Waals surface area contributed by atoms with Crippen LogP contribution >= 0.6 is 11.8 Å². The third-order valence-electron chi connectivity index (χ3n) is 4.79. The monoisotopic (exact) mass is 397 g/mol. The summed E-state index contributed by atoms with van der Waals surface area (Å²) in [6, 6.07) is 13.7. The molecule has 0 aliphatic carbocycles. The Labute approximate surface area is 170 Å². The highest BCUT2D eigenvalue weighted by Crippen LogP contribution is 2.19. The van der Waals surface area contributed by atoms with Gasteiger partial charge in [-0.2, -0.15) is 11.8 Å². The van der Waals surface area contributed by atoms with Gasteiger partial charge in [-0.05, 0) is 37.1 Å². The third-order valence-corrected chi connectivity index (χ3v) is 5.74. The lowest BCUT2D eigenvalue weighted by Crippen LogP contribution is -2.37. The van der Waals surface area contributed by atoms with E-state index >= 15 is 0 Å². The lowest BCUT2D eigenvalue weighted by molar-refractivity contribution is -0.119. The maximum absolute atomic E-state index is 12.7. The van der Waals surface area contributed by atoms with Crippen molar-refractivity contribution in [3.63, 3.8) is 0 Å². The maximum Gasteiger partial charge on any atom is 0.253 e. The number of thioether (sulfide) groups is 1.